The topological polar surface area (TPSA) is 89.4 Å². The first-order chi connectivity index (χ1) is 15.7. The van der Waals surface area contributed by atoms with Gasteiger partial charge in [0.25, 0.3) is 5.91 Å². The largest absolute Gasteiger partial charge is 0.378 e. The molecule has 0 radical (unpaired) electrons. The Bertz CT molecular complexity index is 1140. The second-order valence-electron chi connectivity index (χ2n) is 9.10. The zero-order chi connectivity index (χ0) is 23.6. The molecule has 1 N–H and O–H groups in total. The van der Waals surface area contributed by atoms with Crippen molar-refractivity contribution in [2.45, 2.75) is 34.2 Å². The summed E-state index contributed by atoms with van der Waals surface area (Å²) in [4.78, 5) is 32.9. The van der Waals surface area contributed by atoms with Crippen LogP contribution in [0.1, 0.15) is 42.5 Å². The van der Waals surface area contributed by atoms with Crippen LogP contribution in [0.2, 0.25) is 0 Å². The quantitative estimate of drug-likeness (QED) is 0.616. The Kier molecular flexibility index (Phi) is 6.62. The minimum Gasteiger partial charge on any atom is -0.378 e. The average Bonchev–Trinajstić information content (AvgIpc) is 3.37. The van der Waals surface area contributed by atoms with Crippen LogP contribution in [-0.4, -0.2) is 57.8 Å². The molecule has 0 aliphatic carbocycles. The predicted molar refractivity (Wildman–Crippen MR) is 128 cm³/mol. The van der Waals surface area contributed by atoms with Crippen molar-refractivity contribution in [2.75, 3.05) is 31.6 Å². The van der Waals surface area contributed by atoms with E-state index in [2.05, 4.69) is 10.3 Å². The molecule has 1 aliphatic heterocycles. The van der Waals surface area contributed by atoms with Crippen LogP contribution in [0, 0.1) is 12.3 Å². The number of rotatable bonds is 5. The summed E-state index contributed by atoms with van der Waals surface area (Å²) in [5, 5.41) is 8.21. The van der Waals surface area contributed by atoms with Gasteiger partial charge in [0, 0.05) is 18.5 Å². The highest BCUT2D eigenvalue weighted by Gasteiger charge is 2.26. The number of ether oxygens (including phenoxy) is 1. The maximum absolute atomic E-state index is 13.3. The number of morpholine rings is 1. The van der Waals surface area contributed by atoms with Crippen LogP contribution in [-0.2, 0) is 16.1 Å². The van der Waals surface area contributed by atoms with Gasteiger partial charge in [-0.05, 0) is 18.6 Å². The Hall–Kier alpha value is -3.04. The lowest BCUT2D eigenvalue weighted by Gasteiger charge is -2.26. The summed E-state index contributed by atoms with van der Waals surface area (Å²) < 4.78 is 7.16. The van der Waals surface area contributed by atoms with E-state index in [1.807, 2.05) is 64.1 Å². The molecular weight excluding hydrogens is 438 g/mol. The molecule has 2 amide bonds. The van der Waals surface area contributed by atoms with Gasteiger partial charge in [0.1, 0.15) is 11.4 Å². The van der Waals surface area contributed by atoms with Crippen molar-refractivity contribution in [1.29, 1.82) is 0 Å². The van der Waals surface area contributed by atoms with Crippen molar-refractivity contribution >= 4 is 28.3 Å². The minimum absolute atomic E-state index is 0.0589. The smallest absolute Gasteiger partial charge is 0.272 e. The number of benzene rings is 1. The van der Waals surface area contributed by atoms with E-state index < -0.39 is 5.41 Å². The minimum atomic E-state index is -0.519. The molecule has 1 fully saturated rings. The van der Waals surface area contributed by atoms with Crippen molar-refractivity contribution in [3.63, 3.8) is 0 Å². The molecule has 3 aromatic rings. The van der Waals surface area contributed by atoms with E-state index in [9.17, 15) is 9.59 Å². The number of carbonyl (C=O) groups excluding carboxylic acids is 2. The molecule has 3 heterocycles. The summed E-state index contributed by atoms with van der Waals surface area (Å²) in [6, 6.07) is 11.8. The number of hydrogen-bond acceptors (Lipinski definition) is 6. The lowest BCUT2D eigenvalue weighted by molar-refractivity contribution is -0.123. The van der Waals surface area contributed by atoms with Crippen LogP contribution in [0.5, 0.6) is 0 Å². The number of carbonyl (C=O) groups is 2. The van der Waals surface area contributed by atoms with Crippen molar-refractivity contribution in [3.05, 3.63) is 53.3 Å². The van der Waals surface area contributed by atoms with E-state index in [0.29, 0.717) is 49.4 Å². The number of hydrogen-bond donors (Lipinski definition) is 1. The molecule has 0 bridgehead atoms. The van der Waals surface area contributed by atoms with Crippen LogP contribution in [0.25, 0.3) is 10.6 Å². The highest BCUT2D eigenvalue weighted by molar-refractivity contribution is 7.19. The Balaban J connectivity index is 1.67. The van der Waals surface area contributed by atoms with Gasteiger partial charge in [-0.3, -0.25) is 14.3 Å². The molecule has 0 unspecified atom stereocenters. The molecule has 8 nitrogen and oxygen atoms in total. The Labute approximate surface area is 197 Å². The lowest BCUT2D eigenvalue weighted by Crippen LogP contribution is -2.41. The molecule has 0 atom stereocenters. The number of anilines is 1. The average molecular weight is 468 g/mol. The van der Waals surface area contributed by atoms with E-state index in [1.165, 1.54) is 11.3 Å². The zero-order valence-electron chi connectivity index (χ0n) is 19.4. The van der Waals surface area contributed by atoms with Crippen molar-refractivity contribution in [2.24, 2.45) is 5.41 Å². The molecule has 9 heteroatoms. The van der Waals surface area contributed by atoms with Gasteiger partial charge in [0.05, 0.1) is 30.3 Å². The normalized spacial score (nSPS) is 14.4. The molecular formula is C24H29N5O3S. The maximum Gasteiger partial charge on any atom is 0.272 e. The predicted octanol–water partition coefficient (Wildman–Crippen LogP) is 3.82. The van der Waals surface area contributed by atoms with E-state index in [-0.39, 0.29) is 11.8 Å². The van der Waals surface area contributed by atoms with Crippen LogP contribution in [0.4, 0.5) is 5.13 Å². The molecule has 1 aliphatic rings. The summed E-state index contributed by atoms with van der Waals surface area (Å²) in [6.07, 6.45) is 0. The standard InChI is InChI=1S/C24H29N5O3S/c1-16-20(33-23(25-16)26-22(31)24(2,3)4)18-14-19(21(30)28-10-12-32-13-11-28)29(27-18)15-17-8-6-5-7-9-17/h5-9,14H,10-13,15H2,1-4H3,(H,25,26,31). The Morgan fingerprint density at radius 2 is 1.85 bits per heavy atom. The highest BCUT2D eigenvalue weighted by atomic mass is 32.1. The van der Waals surface area contributed by atoms with E-state index >= 15 is 0 Å². The van der Waals surface area contributed by atoms with Gasteiger partial charge >= 0.3 is 0 Å². The first-order valence-corrected chi connectivity index (χ1v) is 11.8. The van der Waals surface area contributed by atoms with Crippen LogP contribution in [0.3, 0.4) is 0 Å². The van der Waals surface area contributed by atoms with E-state index in [4.69, 9.17) is 9.84 Å². The first-order valence-electron chi connectivity index (χ1n) is 11.0. The highest BCUT2D eigenvalue weighted by Crippen LogP contribution is 2.33. The molecule has 0 spiro atoms. The van der Waals surface area contributed by atoms with Crippen molar-refractivity contribution < 1.29 is 14.3 Å². The molecule has 1 saturated heterocycles. The summed E-state index contributed by atoms with van der Waals surface area (Å²) in [6.45, 7) is 10.2. The summed E-state index contributed by atoms with van der Waals surface area (Å²) in [7, 11) is 0. The van der Waals surface area contributed by atoms with Crippen LogP contribution in [0.15, 0.2) is 36.4 Å². The monoisotopic (exact) mass is 467 g/mol. The van der Waals surface area contributed by atoms with Gasteiger partial charge in [-0.15, -0.1) is 0 Å². The molecule has 174 valence electrons. The Morgan fingerprint density at radius 3 is 2.52 bits per heavy atom. The van der Waals surface area contributed by atoms with Gasteiger partial charge in [-0.2, -0.15) is 5.10 Å². The third-order valence-electron chi connectivity index (χ3n) is 5.40. The second-order valence-corrected chi connectivity index (χ2v) is 10.1. The fourth-order valence-electron chi connectivity index (χ4n) is 3.48. The number of thiazole rings is 1. The van der Waals surface area contributed by atoms with Crippen LogP contribution >= 0.6 is 11.3 Å². The van der Waals surface area contributed by atoms with Gasteiger partial charge in [-0.25, -0.2) is 4.98 Å². The van der Waals surface area contributed by atoms with Gasteiger partial charge in [0.2, 0.25) is 5.91 Å². The first kappa shape index (κ1) is 23.1. The number of aryl methyl sites for hydroxylation is 1. The maximum atomic E-state index is 13.3. The van der Waals surface area contributed by atoms with Gasteiger partial charge < -0.3 is 15.0 Å². The van der Waals surface area contributed by atoms with Crippen molar-refractivity contribution in [3.8, 4) is 10.6 Å². The SMILES string of the molecule is Cc1nc(NC(=O)C(C)(C)C)sc1-c1cc(C(=O)N2CCOCC2)n(Cc2ccccc2)n1. The molecule has 2 aromatic heterocycles. The number of nitrogens with one attached hydrogen (secondary N) is 1. The van der Waals surface area contributed by atoms with Gasteiger partial charge in [-0.1, -0.05) is 62.4 Å². The number of aromatic nitrogens is 3. The summed E-state index contributed by atoms with van der Waals surface area (Å²) in [5.74, 6) is -0.156. The third-order valence-corrected chi connectivity index (χ3v) is 6.50. The Morgan fingerprint density at radius 1 is 1.15 bits per heavy atom. The molecule has 0 saturated carbocycles. The number of nitrogens with zero attached hydrogens (tertiary/aromatic N) is 4. The zero-order valence-corrected chi connectivity index (χ0v) is 20.2. The van der Waals surface area contributed by atoms with E-state index in [1.54, 1.807) is 9.58 Å². The van der Waals surface area contributed by atoms with E-state index in [0.717, 1.165) is 16.1 Å². The second kappa shape index (κ2) is 9.44. The third kappa shape index (κ3) is 5.31. The molecule has 4 rings (SSSR count). The van der Waals surface area contributed by atoms with Crippen LogP contribution < -0.4 is 5.32 Å². The van der Waals surface area contributed by atoms with Crippen molar-refractivity contribution in [1.82, 2.24) is 19.7 Å². The molecule has 1 aromatic carbocycles. The van der Waals surface area contributed by atoms with Gasteiger partial charge in [0.15, 0.2) is 5.13 Å². The summed E-state index contributed by atoms with van der Waals surface area (Å²) in [5.41, 5.74) is 2.51. The fraction of sp³-hybridized carbons (Fsp3) is 0.417. The molecule has 33 heavy (non-hydrogen) atoms. The lowest BCUT2D eigenvalue weighted by atomic mass is 9.96. The fourth-order valence-corrected chi connectivity index (χ4v) is 4.39. The summed E-state index contributed by atoms with van der Waals surface area (Å²) >= 11 is 1.37. The number of amides is 2.